The zero-order valence-corrected chi connectivity index (χ0v) is 19.2. The van der Waals surface area contributed by atoms with Crippen LogP contribution in [0.1, 0.15) is 78.6 Å². The number of rotatable bonds is 4. The van der Waals surface area contributed by atoms with Gasteiger partial charge in [-0.2, -0.15) is 0 Å². The van der Waals surface area contributed by atoms with Gasteiger partial charge in [0.05, 0.1) is 25.4 Å². The van der Waals surface area contributed by atoms with Crippen molar-refractivity contribution in [3.8, 4) is 0 Å². The van der Waals surface area contributed by atoms with Crippen LogP contribution >= 0.6 is 0 Å². The summed E-state index contributed by atoms with van der Waals surface area (Å²) in [5, 5.41) is 33.1. The van der Waals surface area contributed by atoms with Crippen molar-refractivity contribution in [2.24, 2.45) is 46.3 Å². The third kappa shape index (κ3) is 3.34. The maximum atomic E-state index is 11.7. The quantitative estimate of drug-likeness (QED) is 0.603. The highest BCUT2D eigenvalue weighted by molar-refractivity contribution is 5.69. The van der Waals surface area contributed by atoms with E-state index >= 15 is 0 Å². The summed E-state index contributed by atoms with van der Waals surface area (Å²) in [6, 6.07) is 0. The minimum absolute atomic E-state index is 0.111. The van der Waals surface area contributed by atoms with Crippen LogP contribution in [0.25, 0.3) is 0 Å². The Balaban J connectivity index is 1.58. The van der Waals surface area contributed by atoms with Crippen LogP contribution in [0.2, 0.25) is 0 Å². The van der Waals surface area contributed by atoms with Crippen LogP contribution < -0.4 is 0 Å². The molecule has 11 atom stereocenters. The molecule has 0 aliphatic heterocycles. The van der Waals surface area contributed by atoms with Gasteiger partial charge in [-0.3, -0.25) is 4.79 Å². The monoisotopic (exact) mass is 422 g/mol. The average molecular weight is 423 g/mol. The van der Waals surface area contributed by atoms with Gasteiger partial charge >= 0.3 is 5.97 Å². The van der Waals surface area contributed by atoms with E-state index in [9.17, 15) is 20.1 Å². The van der Waals surface area contributed by atoms with Crippen LogP contribution in [0.15, 0.2) is 0 Å². The van der Waals surface area contributed by atoms with Gasteiger partial charge in [0, 0.05) is 6.42 Å². The van der Waals surface area contributed by atoms with Crippen molar-refractivity contribution in [3.05, 3.63) is 0 Å². The summed E-state index contributed by atoms with van der Waals surface area (Å²) >= 11 is 0. The summed E-state index contributed by atoms with van der Waals surface area (Å²) in [6.45, 7) is 6.85. The fraction of sp³-hybridized carbons (Fsp3) is 0.960. The van der Waals surface area contributed by atoms with E-state index in [4.69, 9.17) is 4.74 Å². The molecule has 4 aliphatic carbocycles. The Morgan fingerprint density at radius 1 is 1.07 bits per heavy atom. The number of aliphatic hydroxyl groups is 3. The van der Waals surface area contributed by atoms with Gasteiger partial charge in [-0.1, -0.05) is 20.8 Å². The SMILES string of the molecule is COC(=O)CC[C@@H](C)[C@H]1CC[C@H]2[C@@H]3[C@@H](O)C[C@H]4C[C@@H](O)CC[C@]4(C)[C@H]3C[C@@H](O)[C@]12C. The lowest BCUT2D eigenvalue weighted by atomic mass is 9.43. The molecule has 5 nitrogen and oxygen atoms in total. The minimum atomic E-state index is -0.369. The fourth-order valence-corrected chi connectivity index (χ4v) is 8.78. The van der Waals surface area contributed by atoms with Crippen LogP contribution in [0.5, 0.6) is 0 Å². The second kappa shape index (κ2) is 8.04. The second-order valence-corrected chi connectivity index (χ2v) is 11.6. The van der Waals surface area contributed by atoms with E-state index in [1.54, 1.807) is 0 Å². The Hall–Kier alpha value is -0.650. The number of hydrogen-bond acceptors (Lipinski definition) is 5. The zero-order valence-electron chi connectivity index (χ0n) is 19.2. The highest BCUT2D eigenvalue weighted by Gasteiger charge is 2.65. The van der Waals surface area contributed by atoms with Crippen LogP contribution in [0.3, 0.4) is 0 Å². The van der Waals surface area contributed by atoms with Gasteiger partial charge in [-0.25, -0.2) is 0 Å². The lowest BCUT2D eigenvalue weighted by Gasteiger charge is -2.63. The summed E-state index contributed by atoms with van der Waals surface area (Å²) in [5.74, 6) is 1.81. The maximum absolute atomic E-state index is 11.7. The molecule has 0 unspecified atom stereocenters. The van der Waals surface area contributed by atoms with Crippen molar-refractivity contribution in [2.45, 2.75) is 96.9 Å². The van der Waals surface area contributed by atoms with Gasteiger partial charge in [-0.15, -0.1) is 0 Å². The molecular weight excluding hydrogens is 380 g/mol. The maximum Gasteiger partial charge on any atom is 0.305 e. The number of hydrogen-bond donors (Lipinski definition) is 3. The number of methoxy groups -OCH3 is 1. The summed E-state index contributed by atoms with van der Waals surface area (Å²) in [6.07, 6.45) is 6.60. The average Bonchev–Trinajstić information content (AvgIpc) is 3.06. The smallest absolute Gasteiger partial charge is 0.305 e. The molecule has 4 fully saturated rings. The first-order valence-corrected chi connectivity index (χ1v) is 12.2. The molecule has 0 bridgehead atoms. The van der Waals surface area contributed by atoms with Gasteiger partial charge in [-0.05, 0) is 97.7 Å². The van der Waals surface area contributed by atoms with Gasteiger partial charge in [0.1, 0.15) is 0 Å². The zero-order chi connectivity index (χ0) is 21.8. The fourth-order valence-electron chi connectivity index (χ4n) is 8.78. The van der Waals surface area contributed by atoms with Crippen molar-refractivity contribution >= 4 is 5.97 Å². The molecule has 0 aromatic heterocycles. The minimum Gasteiger partial charge on any atom is -0.469 e. The van der Waals surface area contributed by atoms with Crippen LogP contribution in [0, 0.1) is 46.3 Å². The standard InChI is InChI=1S/C25H42O5/c1-14(5-8-22(29)30-4)17-6-7-18-23-19(13-21(28)25(17,18)3)24(2)10-9-16(26)11-15(24)12-20(23)27/h14-21,23,26-28H,5-13H2,1-4H3/t14-,15-,16+,17-,18+,19+,20+,21-,23+,24+,25-/m1/s1. The van der Waals surface area contributed by atoms with Crippen molar-refractivity contribution < 1.29 is 24.9 Å². The number of carbonyl (C=O) groups is 1. The Labute approximate surface area is 181 Å². The molecule has 172 valence electrons. The molecule has 0 radical (unpaired) electrons. The first kappa shape index (κ1) is 22.5. The highest BCUT2D eigenvalue weighted by Crippen LogP contribution is 2.68. The molecule has 3 N–H and O–H groups in total. The second-order valence-electron chi connectivity index (χ2n) is 11.6. The van der Waals surface area contributed by atoms with E-state index in [0.717, 1.165) is 51.4 Å². The van der Waals surface area contributed by atoms with E-state index in [1.165, 1.54) is 7.11 Å². The van der Waals surface area contributed by atoms with E-state index in [0.29, 0.717) is 36.0 Å². The Bertz CT molecular complexity index is 651. The van der Waals surface area contributed by atoms with Crippen molar-refractivity contribution in [2.75, 3.05) is 7.11 Å². The molecule has 0 saturated heterocycles. The molecule has 0 aromatic rings. The number of fused-ring (bicyclic) bond motifs is 5. The summed E-state index contributed by atoms with van der Waals surface area (Å²) in [4.78, 5) is 11.7. The summed E-state index contributed by atoms with van der Waals surface area (Å²) in [7, 11) is 1.44. The van der Waals surface area contributed by atoms with E-state index < -0.39 is 0 Å². The molecule has 0 amide bonds. The molecular formula is C25H42O5. The number of ether oxygens (including phenoxy) is 1. The molecule has 4 aliphatic rings. The van der Waals surface area contributed by atoms with Gasteiger partial charge < -0.3 is 20.1 Å². The molecule has 30 heavy (non-hydrogen) atoms. The molecule has 0 spiro atoms. The summed E-state index contributed by atoms with van der Waals surface area (Å²) in [5.41, 5.74) is -0.0882. The van der Waals surface area contributed by atoms with E-state index in [2.05, 4.69) is 20.8 Å². The van der Waals surface area contributed by atoms with Gasteiger partial charge in [0.15, 0.2) is 0 Å². The molecule has 4 rings (SSSR count). The van der Waals surface area contributed by atoms with Crippen LogP contribution in [-0.2, 0) is 9.53 Å². The lowest BCUT2D eigenvalue weighted by molar-refractivity contribution is -0.207. The predicted octanol–water partition coefficient (Wildman–Crippen LogP) is 3.54. The van der Waals surface area contributed by atoms with E-state index in [-0.39, 0.29) is 41.0 Å². The Morgan fingerprint density at radius 3 is 2.50 bits per heavy atom. The van der Waals surface area contributed by atoms with Crippen LogP contribution in [-0.4, -0.2) is 46.7 Å². The topological polar surface area (TPSA) is 87.0 Å². The molecule has 0 aromatic carbocycles. The first-order chi connectivity index (χ1) is 14.1. The Kier molecular flexibility index (Phi) is 6.04. The van der Waals surface area contributed by atoms with Gasteiger partial charge in [0.25, 0.3) is 0 Å². The predicted molar refractivity (Wildman–Crippen MR) is 114 cm³/mol. The number of carbonyl (C=O) groups excluding carboxylic acids is 1. The first-order valence-electron chi connectivity index (χ1n) is 12.2. The van der Waals surface area contributed by atoms with Crippen molar-refractivity contribution in [3.63, 3.8) is 0 Å². The summed E-state index contributed by atoms with van der Waals surface area (Å²) < 4.78 is 4.83. The molecule has 4 saturated carbocycles. The Morgan fingerprint density at radius 2 is 1.80 bits per heavy atom. The van der Waals surface area contributed by atoms with Crippen molar-refractivity contribution in [1.82, 2.24) is 0 Å². The number of aliphatic hydroxyl groups excluding tert-OH is 3. The van der Waals surface area contributed by atoms with E-state index in [1.807, 2.05) is 0 Å². The largest absolute Gasteiger partial charge is 0.469 e. The molecule has 5 heteroatoms. The highest BCUT2D eigenvalue weighted by atomic mass is 16.5. The van der Waals surface area contributed by atoms with Gasteiger partial charge in [0.2, 0.25) is 0 Å². The molecule has 0 heterocycles. The number of esters is 1. The lowest BCUT2D eigenvalue weighted by Crippen LogP contribution is -2.62. The third-order valence-electron chi connectivity index (χ3n) is 10.6. The normalized spacial score (nSPS) is 51.4. The van der Waals surface area contributed by atoms with Crippen molar-refractivity contribution in [1.29, 1.82) is 0 Å². The van der Waals surface area contributed by atoms with Crippen LogP contribution in [0.4, 0.5) is 0 Å². The third-order valence-corrected chi connectivity index (χ3v) is 10.6.